The Labute approximate surface area is 111 Å². The molecule has 0 radical (unpaired) electrons. The molecule has 0 amide bonds. The SMILES string of the molecule is Cc1cc(NC2CCCCC2C#N)ccc1Br. The molecule has 2 rings (SSSR count). The van der Waals surface area contributed by atoms with Gasteiger partial charge in [0.1, 0.15) is 0 Å². The average Bonchev–Trinajstić information content (AvgIpc) is 2.34. The van der Waals surface area contributed by atoms with Crippen LogP contribution in [-0.4, -0.2) is 6.04 Å². The Balaban J connectivity index is 2.09. The Morgan fingerprint density at radius 3 is 2.82 bits per heavy atom. The van der Waals surface area contributed by atoms with E-state index in [1.807, 2.05) is 0 Å². The maximum atomic E-state index is 9.14. The maximum Gasteiger partial charge on any atom is 0.0677 e. The summed E-state index contributed by atoms with van der Waals surface area (Å²) >= 11 is 3.50. The van der Waals surface area contributed by atoms with Crippen molar-refractivity contribution in [3.05, 3.63) is 28.2 Å². The monoisotopic (exact) mass is 292 g/mol. The van der Waals surface area contributed by atoms with Crippen molar-refractivity contribution >= 4 is 21.6 Å². The molecule has 3 heteroatoms. The van der Waals surface area contributed by atoms with E-state index in [-0.39, 0.29) is 5.92 Å². The van der Waals surface area contributed by atoms with Gasteiger partial charge in [-0.05, 0) is 43.5 Å². The molecule has 1 aromatic rings. The first-order valence-electron chi connectivity index (χ1n) is 6.13. The van der Waals surface area contributed by atoms with Gasteiger partial charge in [-0.1, -0.05) is 28.8 Å². The molecule has 2 unspecified atom stereocenters. The molecule has 0 saturated heterocycles. The van der Waals surface area contributed by atoms with Gasteiger partial charge in [-0.2, -0.15) is 5.26 Å². The van der Waals surface area contributed by atoms with Gasteiger partial charge in [0.05, 0.1) is 12.0 Å². The number of nitrogens with zero attached hydrogens (tertiary/aromatic N) is 1. The highest BCUT2D eigenvalue weighted by atomic mass is 79.9. The molecule has 0 aliphatic heterocycles. The Hall–Kier alpha value is -1.01. The Kier molecular flexibility index (Phi) is 4.06. The fourth-order valence-electron chi connectivity index (χ4n) is 2.41. The number of nitriles is 1. The van der Waals surface area contributed by atoms with E-state index in [0.717, 1.165) is 23.0 Å². The van der Waals surface area contributed by atoms with E-state index in [9.17, 15) is 0 Å². The highest BCUT2D eigenvalue weighted by molar-refractivity contribution is 9.10. The molecule has 0 heterocycles. The van der Waals surface area contributed by atoms with Crippen LogP contribution in [-0.2, 0) is 0 Å². The smallest absolute Gasteiger partial charge is 0.0677 e. The normalized spacial score (nSPS) is 24.1. The van der Waals surface area contributed by atoms with Crippen molar-refractivity contribution in [2.45, 2.75) is 38.6 Å². The molecular weight excluding hydrogens is 276 g/mol. The Bertz CT molecular complexity index is 436. The minimum atomic E-state index is 0.160. The zero-order chi connectivity index (χ0) is 12.3. The summed E-state index contributed by atoms with van der Waals surface area (Å²) in [6, 6.07) is 9.00. The summed E-state index contributed by atoms with van der Waals surface area (Å²) in [6.45, 7) is 2.08. The third kappa shape index (κ3) is 3.01. The number of nitrogens with one attached hydrogen (secondary N) is 1. The molecule has 1 aromatic carbocycles. The number of rotatable bonds is 2. The fourth-order valence-corrected chi connectivity index (χ4v) is 2.65. The molecule has 2 atom stereocenters. The summed E-state index contributed by atoms with van der Waals surface area (Å²) in [6.07, 6.45) is 4.55. The van der Waals surface area contributed by atoms with Crippen LogP contribution in [0.1, 0.15) is 31.2 Å². The lowest BCUT2D eigenvalue weighted by molar-refractivity contribution is 0.389. The standard InChI is InChI=1S/C14H17BrN2/c1-10-8-12(6-7-13(10)15)17-14-5-3-2-4-11(14)9-16/h6-8,11,14,17H,2-5H2,1H3. The third-order valence-corrected chi connectivity index (χ3v) is 4.33. The summed E-state index contributed by atoms with van der Waals surface area (Å²) < 4.78 is 1.13. The van der Waals surface area contributed by atoms with Gasteiger partial charge in [0, 0.05) is 16.2 Å². The molecule has 0 spiro atoms. The lowest BCUT2D eigenvalue weighted by Gasteiger charge is -2.28. The predicted molar refractivity (Wildman–Crippen MR) is 73.9 cm³/mol. The van der Waals surface area contributed by atoms with Gasteiger partial charge in [-0.15, -0.1) is 0 Å². The summed E-state index contributed by atoms with van der Waals surface area (Å²) in [5.41, 5.74) is 2.34. The number of aryl methyl sites for hydroxylation is 1. The molecule has 1 aliphatic carbocycles. The largest absolute Gasteiger partial charge is 0.381 e. The van der Waals surface area contributed by atoms with Gasteiger partial charge in [0.25, 0.3) is 0 Å². The molecule has 1 saturated carbocycles. The van der Waals surface area contributed by atoms with E-state index in [1.54, 1.807) is 0 Å². The van der Waals surface area contributed by atoms with E-state index in [1.165, 1.54) is 18.4 Å². The van der Waals surface area contributed by atoms with Crippen LogP contribution < -0.4 is 5.32 Å². The van der Waals surface area contributed by atoms with Crippen LogP contribution in [0, 0.1) is 24.2 Å². The lowest BCUT2D eigenvalue weighted by Crippen LogP contribution is -2.31. The van der Waals surface area contributed by atoms with Crippen LogP contribution in [0.3, 0.4) is 0 Å². The van der Waals surface area contributed by atoms with E-state index in [2.05, 4.69) is 52.4 Å². The highest BCUT2D eigenvalue weighted by Gasteiger charge is 2.24. The zero-order valence-corrected chi connectivity index (χ0v) is 11.6. The van der Waals surface area contributed by atoms with Crippen LogP contribution in [0.5, 0.6) is 0 Å². The van der Waals surface area contributed by atoms with Gasteiger partial charge in [0.2, 0.25) is 0 Å². The lowest BCUT2D eigenvalue weighted by atomic mass is 9.85. The van der Waals surface area contributed by atoms with E-state index in [0.29, 0.717) is 6.04 Å². The molecule has 90 valence electrons. The maximum absolute atomic E-state index is 9.14. The van der Waals surface area contributed by atoms with Gasteiger partial charge >= 0.3 is 0 Å². The molecule has 1 aliphatic rings. The second-order valence-electron chi connectivity index (χ2n) is 4.73. The summed E-state index contributed by atoms with van der Waals surface area (Å²) in [5, 5.41) is 12.6. The van der Waals surface area contributed by atoms with Crippen molar-refractivity contribution in [1.29, 1.82) is 5.26 Å². The summed E-state index contributed by atoms with van der Waals surface area (Å²) in [5.74, 6) is 0.160. The van der Waals surface area contributed by atoms with Crippen molar-refractivity contribution in [3.8, 4) is 6.07 Å². The van der Waals surface area contributed by atoms with Crippen molar-refractivity contribution in [2.24, 2.45) is 5.92 Å². The van der Waals surface area contributed by atoms with Crippen LogP contribution in [0.2, 0.25) is 0 Å². The van der Waals surface area contributed by atoms with Crippen molar-refractivity contribution in [2.75, 3.05) is 5.32 Å². The van der Waals surface area contributed by atoms with Crippen LogP contribution in [0.25, 0.3) is 0 Å². The molecule has 0 bridgehead atoms. The number of halogens is 1. The first-order chi connectivity index (χ1) is 8.20. The van der Waals surface area contributed by atoms with Gasteiger partial charge < -0.3 is 5.32 Å². The predicted octanol–water partition coefficient (Wildman–Crippen LogP) is 4.25. The van der Waals surface area contributed by atoms with E-state index >= 15 is 0 Å². The average molecular weight is 293 g/mol. The summed E-state index contributed by atoms with van der Waals surface area (Å²) in [4.78, 5) is 0. The second-order valence-corrected chi connectivity index (χ2v) is 5.59. The molecule has 1 N–H and O–H groups in total. The van der Waals surface area contributed by atoms with Gasteiger partial charge in [0.15, 0.2) is 0 Å². The van der Waals surface area contributed by atoms with Crippen LogP contribution >= 0.6 is 15.9 Å². The minimum Gasteiger partial charge on any atom is -0.381 e. The molecule has 2 nitrogen and oxygen atoms in total. The van der Waals surface area contributed by atoms with E-state index < -0.39 is 0 Å². The van der Waals surface area contributed by atoms with E-state index in [4.69, 9.17) is 5.26 Å². The summed E-state index contributed by atoms with van der Waals surface area (Å²) in [7, 11) is 0. The van der Waals surface area contributed by atoms with Crippen molar-refractivity contribution in [1.82, 2.24) is 0 Å². The molecular formula is C14H17BrN2. The fraction of sp³-hybridized carbons (Fsp3) is 0.500. The number of hydrogen-bond acceptors (Lipinski definition) is 2. The molecule has 17 heavy (non-hydrogen) atoms. The minimum absolute atomic E-state index is 0.160. The Morgan fingerprint density at radius 2 is 2.12 bits per heavy atom. The van der Waals surface area contributed by atoms with Crippen molar-refractivity contribution in [3.63, 3.8) is 0 Å². The number of benzene rings is 1. The van der Waals surface area contributed by atoms with Gasteiger partial charge in [-0.25, -0.2) is 0 Å². The quantitative estimate of drug-likeness (QED) is 0.884. The first kappa shape index (κ1) is 12.4. The number of hydrogen-bond donors (Lipinski definition) is 1. The second kappa shape index (κ2) is 5.55. The van der Waals surface area contributed by atoms with Gasteiger partial charge in [-0.3, -0.25) is 0 Å². The van der Waals surface area contributed by atoms with Crippen LogP contribution in [0.15, 0.2) is 22.7 Å². The highest BCUT2D eigenvalue weighted by Crippen LogP contribution is 2.28. The first-order valence-corrected chi connectivity index (χ1v) is 6.92. The number of anilines is 1. The third-order valence-electron chi connectivity index (χ3n) is 3.44. The molecule has 1 fully saturated rings. The van der Waals surface area contributed by atoms with Crippen LogP contribution in [0.4, 0.5) is 5.69 Å². The van der Waals surface area contributed by atoms with Crippen molar-refractivity contribution < 1.29 is 0 Å². The molecule has 0 aromatic heterocycles. The Morgan fingerprint density at radius 1 is 1.35 bits per heavy atom. The topological polar surface area (TPSA) is 35.8 Å². The zero-order valence-electron chi connectivity index (χ0n) is 10.0.